The van der Waals surface area contributed by atoms with E-state index in [4.69, 9.17) is 0 Å². The summed E-state index contributed by atoms with van der Waals surface area (Å²) in [5.41, 5.74) is 4.60. The molecule has 1 heterocycles. The molecule has 0 saturated heterocycles. The van der Waals surface area contributed by atoms with E-state index in [0.29, 0.717) is 0 Å². The number of rotatable bonds is 6. The van der Waals surface area contributed by atoms with E-state index in [1.54, 1.807) is 12.4 Å². The van der Waals surface area contributed by atoms with Gasteiger partial charge >= 0.3 is 0 Å². The highest BCUT2D eigenvalue weighted by molar-refractivity contribution is 5.54. The van der Waals surface area contributed by atoms with Gasteiger partial charge in [-0.2, -0.15) is 0 Å². The summed E-state index contributed by atoms with van der Waals surface area (Å²) in [6.45, 7) is 8.14. The van der Waals surface area contributed by atoms with Gasteiger partial charge in [-0.05, 0) is 60.9 Å². The van der Waals surface area contributed by atoms with Gasteiger partial charge in [0.05, 0.1) is 0 Å². The zero-order chi connectivity index (χ0) is 17.1. The topological polar surface area (TPSA) is 31.9 Å². The van der Waals surface area contributed by atoms with Crippen LogP contribution in [0.5, 0.6) is 0 Å². The number of H-pyrrole nitrogens is 1. The van der Waals surface area contributed by atoms with E-state index < -0.39 is 0 Å². The molecule has 1 aromatic heterocycles. The molecule has 3 heteroatoms. The molecule has 0 radical (unpaired) electrons. The zero-order valence-electron chi connectivity index (χ0n) is 14.6. The molecule has 0 aliphatic heterocycles. The maximum atomic E-state index is 4.16. The molecule has 1 N–H and O–H groups in total. The Labute approximate surface area is 140 Å². The third-order valence-electron chi connectivity index (χ3n) is 3.41. The quantitative estimate of drug-likeness (QED) is 0.757. The standard InChI is InChI=1S/C20H27N3/c1-6-18(10-11-20(7-2)23(4)5)17(3)16-19-12-15-21-13-8-9-14-22-19/h7-16,22H,2,6H2,1,3-5H3/b13-8?,14-9?,17-16+,18-10+,19-12?,20-11+,21-15?. The lowest BCUT2D eigenvalue weighted by Crippen LogP contribution is -2.08. The van der Waals surface area contributed by atoms with Crippen LogP contribution in [-0.4, -0.2) is 29.0 Å². The highest BCUT2D eigenvalue weighted by Crippen LogP contribution is 2.17. The Balaban J connectivity index is 3.16. The summed E-state index contributed by atoms with van der Waals surface area (Å²) in [7, 11) is 4.03. The molecule has 1 aromatic rings. The molecule has 0 aliphatic rings. The Morgan fingerprint density at radius 3 is 2.70 bits per heavy atom. The molecule has 0 aliphatic carbocycles. The first kappa shape index (κ1) is 18.5. The number of likely N-dealkylation sites (N-methyl/N-ethyl adjacent to an activating group) is 1. The Hall–Kier alpha value is -2.55. The molecule has 0 amide bonds. The highest BCUT2D eigenvalue weighted by atomic mass is 15.1. The lowest BCUT2D eigenvalue weighted by Gasteiger charge is -2.12. The van der Waals surface area contributed by atoms with E-state index in [2.05, 4.69) is 48.6 Å². The van der Waals surface area contributed by atoms with Crippen molar-refractivity contribution in [3.05, 3.63) is 84.1 Å². The average Bonchev–Trinajstić information content (AvgIpc) is 2.65. The van der Waals surface area contributed by atoms with Crippen molar-refractivity contribution in [2.24, 2.45) is 0 Å². The van der Waals surface area contributed by atoms with Crippen LogP contribution in [0.4, 0.5) is 0 Å². The van der Waals surface area contributed by atoms with Crippen molar-refractivity contribution >= 4 is 6.08 Å². The molecule has 0 atom stereocenters. The van der Waals surface area contributed by atoms with Gasteiger partial charge in [-0.1, -0.05) is 19.6 Å². The van der Waals surface area contributed by atoms with Crippen LogP contribution >= 0.6 is 0 Å². The van der Waals surface area contributed by atoms with Crippen LogP contribution in [-0.2, 0) is 0 Å². The van der Waals surface area contributed by atoms with E-state index in [0.717, 1.165) is 17.8 Å². The smallest absolute Gasteiger partial charge is 0.0397 e. The van der Waals surface area contributed by atoms with Crippen molar-refractivity contribution in [3.63, 3.8) is 0 Å². The molecule has 3 nitrogen and oxygen atoms in total. The molecular weight excluding hydrogens is 282 g/mol. The Morgan fingerprint density at radius 2 is 2.04 bits per heavy atom. The van der Waals surface area contributed by atoms with Gasteiger partial charge in [0, 0.05) is 44.1 Å². The molecule has 0 aromatic carbocycles. The van der Waals surface area contributed by atoms with Crippen molar-refractivity contribution in [2.75, 3.05) is 14.1 Å². The third-order valence-corrected chi connectivity index (χ3v) is 3.41. The summed E-state index contributed by atoms with van der Waals surface area (Å²) in [4.78, 5) is 9.47. The first-order valence-electron chi connectivity index (χ1n) is 7.79. The Morgan fingerprint density at radius 1 is 1.26 bits per heavy atom. The number of hydrogen-bond donors (Lipinski definition) is 1. The molecular formula is C20H27N3. The summed E-state index contributed by atoms with van der Waals surface area (Å²) >= 11 is 0. The van der Waals surface area contributed by atoms with Gasteiger partial charge in [-0.15, -0.1) is 0 Å². The number of aromatic nitrogens is 2. The predicted octanol–water partition coefficient (Wildman–Crippen LogP) is 4.91. The van der Waals surface area contributed by atoms with Gasteiger partial charge in [0.2, 0.25) is 0 Å². The summed E-state index contributed by atoms with van der Waals surface area (Å²) in [6, 6.07) is 5.77. The Bertz CT molecular complexity index is 620. The van der Waals surface area contributed by atoms with Gasteiger partial charge < -0.3 is 9.88 Å². The number of hydrogen-bond acceptors (Lipinski definition) is 2. The minimum Gasteiger partial charge on any atom is -0.378 e. The second-order valence-electron chi connectivity index (χ2n) is 5.33. The lowest BCUT2D eigenvalue weighted by molar-refractivity contribution is 0.530. The average molecular weight is 309 g/mol. The largest absolute Gasteiger partial charge is 0.378 e. The fraction of sp³-hybridized carbons (Fsp3) is 0.250. The van der Waals surface area contributed by atoms with E-state index in [1.807, 2.05) is 49.5 Å². The summed E-state index contributed by atoms with van der Waals surface area (Å²) in [5.74, 6) is 0. The second kappa shape index (κ2) is 10.2. The normalized spacial score (nSPS) is 12.6. The maximum absolute atomic E-state index is 4.16. The van der Waals surface area contributed by atoms with Gasteiger partial charge in [0.1, 0.15) is 0 Å². The van der Waals surface area contributed by atoms with E-state index in [9.17, 15) is 0 Å². The van der Waals surface area contributed by atoms with Gasteiger partial charge in [-0.25, -0.2) is 0 Å². The minimum absolute atomic E-state index is 0.968. The van der Waals surface area contributed by atoms with Crippen LogP contribution < -0.4 is 0 Å². The van der Waals surface area contributed by atoms with Gasteiger partial charge in [-0.3, -0.25) is 4.98 Å². The second-order valence-corrected chi connectivity index (χ2v) is 5.33. The lowest BCUT2D eigenvalue weighted by atomic mass is 10.0. The van der Waals surface area contributed by atoms with Crippen molar-refractivity contribution in [1.29, 1.82) is 0 Å². The predicted molar refractivity (Wildman–Crippen MR) is 100 cm³/mol. The van der Waals surface area contributed by atoms with Crippen LogP contribution in [0.15, 0.2) is 78.4 Å². The van der Waals surface area contributed by atoms with Crippen molar-refractivity contribution in [3.8, 4) is 0 Å². The van der Waals surface area contributed by atoms with Gasteiger partial charge in [0.15, 0.2) is 0 Å². The highest BCUT2D eigenvalue weighted by Gasteiger charge is 1.98. The number of nitrogens with zero attached hydrogens (tertiary/aromatic N) is 2. The van der Waals surface area contributed by atoms with Crippen LogP contribution in [0.3, 0.4) is 0 Å². The summed E-state index contributed by atoms with van der Waals surface area (Å²) < 4.78 is 0. The van der Waals surface area contributed by atoms with E-state index >= 15 is 0 Å². The first-order valence-corrected chi connectivity index (χ1v) is 7.79. The van der Waals surface area contributed by atoms with Crippen molar-refractivity contribution < 1.29 is 0 Å². The van der Waals surface area contributed by atoms with Crippen molar-refractivity contribution in [1.82, 2.24) is 14.9 Å². The summed E-state index contributed by atoms with van der Waals surface area (Å²) in [6.07, 6.45) is 14.7. The molecule has 0 unspecified atom stereocenters. The van der Waals surface area contributed by atoms with E-state index in [-0.39, 0.29) is 0 Å². The van der Waals surface area contributed by atoms with E-state index in [1.165, 1.54) is 11.1 Å². The van der Waals surface area contributed by atoms with Crippen molar-refractivity contribution in [2.45, 2.75) is 20.3 Å². The molecule has 23 heavy (non-hydrogen) atoms. The molecule has 0 fully saturated rings. The van der Waals surface area contributed by atoms with Crippen LogP contribution in [0.1, 0.15) is 26.0 Å². The number of nitrogens with one attached hydrogen (secondary N) is 1. The molecule has 0 spiro atoms. The fourth-order valence-corrected chi connectivity index (χ4v) is 2.05. The maximum Gasteiger partial charge on any atom is 0.0397 e. The monoisotopic (exact) mass is 309 g/mol. The molecule has 0 bridgehead atoms. The van der Waals surface area contributed by atoms with Crippen LogP contribution in [0, 0.1) is 0 Å². The molecule has 0 saturated carbocycles. The number of aromatic amines is 1. The van der Waals surface area contributed by atoms with Crippen LogP contribution in [0.2, 0.25) is 0 Å². The Kier molecular flexibility index (Phi) is 8.22. The molecule has 122 valence electrons. The molecule has 1 rings (SSSR count). The summed E-state index contributed by atoms with van der Waals surface area (Å²) in [5, 5.41) is 0. The van der Waals surface area contributed by atoms with Crippen LogP contribution in [0.25, 0.3) is 6.08 Å². The SMILES string of the molecule is C=C\C(=C/C=C(CC)/C(C)=C/c1ccncccc[nH]1)N(C)C. The number of allylic oxidation sites excluding steroid dienone is 5. The van der Waals surface area contributed by atoms with Gasteiger partial charge in [0.25, 0.3) is 0 Å². The zero-order valence-corrected chi connectivity index (χ0v) is 14.6. The fourth-order valence-electron chi connectivity index (χ4n) is 2.05. The third kappa shape index (κ3) is 6.83. The minimum atomic E-state index is 0.968. The first-order chi connectivity index (χ1) is 11.1.